The Morgan fingerprint density at radius 1 is 1.23 bits per heavy atom. The van der Waals surface area contributed by atoms with Gasteiger partial charge < -0.3 is 16.0 Å². The first-order valence-corrected chi connectivity index (χ1v) is 7.78. The Bertz CT molecular complexity index is 643. The molecule has 2 aromatic rings. The predicted octanol–water partition coefficient (Wildman–Crippen LogP) is 1.22. The van der Waals surface area contributed by atoms with Crippen molar-refractivity contribution in [2.45, 2.75) is 20.8 Å². The fourth-order valence-electron chi connectivity index (χ4n) is 1.79. The highest BCUT2D eigenvalue weighted by atomic mass is 32.1. The summed E-state index contributed by atoms with van der Waals surface area (Å²) in [6, 6.07) is 1.88. The molecule has 1 amide bonds. The molecule has 0 fully saturated rings. The van der Waals surface area contributed by atoms with E-state index in [1.165, 1.54) is 0 Å². The molecule has 118 valence electrons. The molecule has 0 saturated heterocycles. The van der Waals surface area contributed by atoms with Crippen LogP contribution in [0.3, 0.4) is 0 Å². The summed E-state index contributed by atoms with van der Waals surface area (Å²) in [6.07, 6.45) is 0. The molecule has 0 unspecified atom stereocenters. The van der Waals surface area contributed by atoms with Crippen molar-refractivity contribution in [1.29, 1.82) is 0 Å². The number of carbonyl (C=O) groups excluding carboxylic acids is 1. The monoisotopic (exact) mass is 321 g/mol. The number of rotatable bonds is 7. The van der Waals surface area contributed by atoms with Gasteiger partial charge in [-0.1, -0.05) is 4.49 Å². The second kappa shape index (κ2) is 7.64. The number of carbonyl (C=O) groups is 1. The summed E-state index contributed by atoms with van der Waals surface area (Å²) in [6.45, 7) is 7.48. The lowest BCUT2D eigenvalue weighted by Gasteiger charge is -2.09. The number of nitrogens with one attached hydrogen (secondary N) is 3. The Labute approximate surface area is 132 Å². The Kier molecular flexibility index (Phi) is 5.59. The van der Waals surface area contributed by atoms with Crippen LogP contribution < -0.4 is 16.0 Å². The molecule has 0 aliphatic heterocycles. The van der Waals surface area contributed by atoms with Crippen LogP contribution in [0.15, 0.2) is 6.07 Å². The molecule has 0 saturated carbocycles. The van der Waals surface area contributed by atoms with E-state index in [1.54, 1.807) is 6.92 Å². The van der Waals surface area contributed by atoms with Crippen LogP contribution >= 0.6 is 11.5 Å². The molecule has 0 bridgehead atoms. The van der Waals surface area contributed by atoms with Crippen LogP contribution in [0.1, 0.15) is 28.0 Å². The maximum atomic E-state index is 11.9. The van der Waals surface area contributed by atoms with Crippen molar-refractivity contribution in [2.24, 2.45) is 0 Å². The second-order valence-corrected chi connectivity index (χ2v) is 5.37. The minimum atomic E-state index is -0.159. The van der Waals surface area contributed by atoms with Crippen molar-refractivity contribution in [1.82, 2.24) is 24.9 Å². The number of amides is 1. The topological polar surface area (TPSA) is 105 Å². The number of anilines is 2. The van der Waals surface area contributed by atoms with Gasteiger partial charge in [0.15, 0.2) is 0 Å². The zero-order valence-electron chi connectivity index (χ0n) is 12.8. The molecule has 3 N–H and O–H groups in total. The SMILES string of the molecule is CCNc1cc(C)nc(NCCNC(=O)c2snnc2C)n1. The maximum Gasteiger partial charge on any atom is 0.265 e. The van der Waals surface area contributed by atoms with Crippen molar-refractivity contribution in [3.63, 3.8) is 0 Å². The van der Waals surface area contributed by atoms with Crippen LogP contribution in [0.5, 0.6) is 0 Å². The van der Waals surface area contributed by atoms with Crippen molar-refractivity contribution in [2.75, 3.05) is 30.3 Å². The first kappa shape index (κ1) is 16.1. The van der Waals surface area contributed by atoms with Crippen molar-refractivity contribution in [3.05, 3.63) is 22.3 Å². The number of aryl methyl sites for hydroxylation is 2. The summed E-state index contributed by atoms with van der Waals surface area (Å²) in [5.74, 6) is 1.17. The van der Waals surface area contributed by atoms with Gasteiger partial charge in [0.1, 0.15) is 10.7 Å². The molecule has 2 aromatic heterocycles. The predicted molar refractivity (Wildman–Crippen MR) is 86.4 cm³/mol. The van der Waals surface area contributed by atoms with Crippen LogP contribution in [-0.4, -0.2) is 45.1 Å². The molecule has 8 nitrogen and oxygen atoms in total. The Balaban J connectivity index is 1.81. The normalized spacial score (nSPS) is 10.3. The molecule has 2 heterocycles. The molecule has 0 aliphatic rings. The lowest BCUT2D eigenvalue weighted by Crippen LogP contribution is -2.29. The summed E-state index contributed by atoms with van der Waals surface area (Å²) in [5, 5.41) is 12.9. The van der Waals surface area contributed by atoms with E-state index in [-0.39, 0.29) is 5.91 Å². The molecule has 2 rings (SSSR count). The van der Waals surface area contributed by atoms with Crippen molar-refractivity contribution in [3.8, 4) is 0 Å². The summed E-state index contributed by atoms with van der Waals surface area (Å²) < 4.78 is 3.74. The minimum absolute atomic E-state index is 0.159. The number of nitrogens with zero attached hydrogens (tertiary/aromatic N) is 4. The van der Waals surface area contributed by atoms with E-state index in [4.69, 9.17) is 0 Å². The van der Waals surface area contributed by atoms with Gasteiger partial charge in [-0.05, 0) is 32.3 Å². The third-order valence-electron chi connectivity index (χ3n) is 2.76. The molecule has 9 heteroatoms. The van der Waals surface area contributed by atoms with Gasteiger partial charge in [-0.3, -0.25) is 4.79 Å². The van der Waals surface area contributed by atoms with E-state index >= 15 is 0 Å². The van der Waals surface area contributed by atoms with Crippen molar-refractivity contribution < 1.29 is 4.79 Å². The first-order chi connectivity index (χ1) is 10.6. The average molecular weight is 321 g/mol. The van der Waals surface area contributed by atoms with Crippen LogP contribution in [0.4, 0.5) is 11.8 Å². The standard InChI is InChI=1S/C13H19N7OS/c1-4-14-10-7-8(2)17-13(18-10)16-6-5-15-12(21)11-9(3)19-20-22-11/h7H,4-6H2,1-3H3,(H,15,21)(H2,14,16,17,18). The highest BCUT2D eigenvalue weighted by Gasteiger charge is 2.12. The Hall–Kier alpha value is -2.29. The van der Waals surface area contributed by atoms with Crippen LogP contribution in [-0.2, 0) is 0 Å². The van der Waals surface area contributed by atoms with Gasteiger partial charge in [-0.15, -0.1) is 5.10 Å². The van der Waals surface area contributed by atoms with Gasteiger partial charge in [0.25, 0.3) is 5.91 Å². The quantitative estimate of drug-likeness (QED) is 0.658. The van der Waals surface area contributed by atoms with E-state index < -0.39 is 0 Å². The highest BCUT2D eigenvalue weighted by molar-refractivity contribution is 7.07. The van der Waals surface area contributed by atoms with E-state index in [0.717, 1.165) is 29.6 Å². The number of hydrogen-bond donors (Lipinski definition) is 3. The lowest BCUT2D eigenvalue weighted by atomic mass is 10.4. The second-order valence-electron chi connectivity index (χ2n) is 4.62. The zero-order chi connectivity index (χ0) is 15.9. The molecular formula is C13H19N7OS. The molecule has 0 aliphatic carbocycles. The molecule has 0 spiro atoms. The fourth-order valence-corrected chi connectivity index (χ4v) is 2.36. The first-order valence-electron chi connectivity index (χ1n) is 7.00. The van der Waals surface area contributed by atoms with E-state index in [2.05, 4.69) is 35.5 Å². The molecule has 0 aromatic carbocycles. The Morgan fingerprint density at radius 2 is 2.05 bits per heavy atom. The maximum absolute atomic E-state index is 11.9. The number of aromatic nitrogens is 4. The summed E-state index contributed by atoms with van der Waals surface area (Å²) >= 11 is 1.09. The third kappa shape index (κ3) is 4.35. The largest absolute Gasteiger partial charge is 0.370 e. The van der Waals surface area contributed by atoms with Crippen LogP contribution in [0, 0.1) is 13.8 Å². The molecular weight excluding hydrogens is 302 g/mol. The van der Waals surface area contributed by atoms with Gasteiger partial charge in [0.2, 0.25) is 5.95 Å². The van der Waals surface area contributed by atoms with E-state index in [9.17, 15) is 4.79 Å². The van der Waals surface area contributed by atoms with E-state index in [1.807, 2.05) is 19.9 Å². The number of hydrogen-bond acceptors (Lipinski definition) is 8. The zero-order valence-corrected chi connectivity index (χ0v) is 13.6. The minimum Gasteiger partial charge on any atom is -0.370 e. The van der Waals surface area contributed by atoms with Gasteiger partial charge in [-0.2, -0.15) is 4.98 Å². The Morgan fingerprint density at radius 3 is 2.73 bits per heavy atom. The molecule has 0 radical (unpaired) electrons. The van der Waals surface area contributed by atoms with Gasteiger partial charge >= 0.3 is 0 Å². The van der Waals surface area contributed by atoms with Gasteiger partial charge in [0.05, 0.1) is 5.69 Å². The van der Waals surface area contributed by atoms with Crippen molar-refractivity contribution >= 4 is 29.2 Å². The van der Waals surface area contributed by atoms with Crippen LogP contribution in [0.2, 0.25) is 0 Å². The summed E-state index contributed by atoms with van der Waals surface area (Å²) in [4.78, 5) is 21.1. The van der Waals surface area contributed by atoms with Gasteiger partial charge in [0, 0.05) is 31.4 Å². The van der Waals surface area contributed by atoms with E-state index in [0.29, 0.717) is 29.6 Å². The fraction of sp³-hybridized carbons (Fsp3) is 0.462. The lowest BCUT2D eigenvalue weighted by molar-refractivity contribution is 0.0958. The molecule has 0 atom stereocenters. The van der Waals surface area contributed by atoms with Crippen LogP contribution in [0.25, 0.3) is 0 Å². The highest BCUT2D eigenvalue weighted by Crippen LogP contribution is 2.09. The smallest absolute Gasteiger partial charge is 0.265 e. The molecule has 22 heavy (non-hydrogen) atoms. The summed E-state index contributed by atoms with van der Waals surface area (Å²) in [5.41, 5.74) is 1.52. The average Bonchev–Trinajstić information content (AvgIpc) is 2.89. The summed E-state index contributed by atoms with van der Waals surface area (Å²) in [7, 11) is 0. The van der Waals surface area contributed by atoms with Gasteiger partial charge in [-0.25, -0.2) is 4.98 Å². The third-order valence-corrected chi connectivity index (χ3v) is 3.59.